The Kier molecular flexibility index (Phi) is 8.79. The fourth-order valence-electron chi connectivity index (χ4n) is 6.34. The van der Waals surface area contributed by atoms with Gasteiger partial charge in [0.15, 0.2) is 0 Å². The van der Waals surface area contributed by atoms with Gasteiger partial charge in [0, 0.05) is 63.3 Å². The lowest BCUT2D eigenvalue weighted by atomic mass is 10.0. The molecular formula is C30H39ClN6O4. The average molecular weight is 583 g/mol. The third-order valence-corrected chi connectivity index (χ3v) is 9.10. The van der Waals surface area contributed by atoms with Gasteiger partial charge in [0.2, 0.25) is 5.91 Å². The lowest BCUT2D eigenvalue weighted by Gasteiger charge is -2.26. The SMILES string of the molecule is CC(=O)N1CCC(OC(=O)N(CCCN2CC3CN(C(=O)c4c(C)ncnc4C)CC3C2)c2ccc(C)c(Cl)c2)C1. The zero-order valence-electron chi connectivity index (χ0n) is 24.3. The minimum atomic E-state index is -0.414. The van der Waals surface area contributed by atoms with Crippen molar-refractivity contribution in [2.24, 2.45) is 11.8 Å². The highest BCUT2D eigenvalue weighted by Gasteiger charge is 2.42. The average Bonchev–Trinajstić information content (AvgIpc) is 3.64. The highest BCUT2D eigenvalue weighted by Crippen LogP contribution is 2.33. The van der Waals surface area contributed by atoms with Crippen molar-refractivity contribution in [3.63, 3.8) is 0 Å². The van der Waals surface area contributed by atoms with Crippen molar-refractivity contribution in [1.29, 1.82) is 0 Å². The van der Waals surface area contributed by atoms with Gasteiger partial charge in [-0.2, -0.15) is 0 Å². The molecule has 3 aliphatic rings. The summed E-state index contributed by atoms with van der Waals surface area (Å²) in [5.74, 6) is 0.898. The number of ether oxygens (including phenoxy) is 1. The molecule has 0 N–H and O–H groups in total. The summed E-state index contributed by atoms with van der Waals surface area (Å²) in [6.45, 7) is 12.9. The maximum absolute atomic E-state index is 13.3. The molecule has 41 heavy (non-hydrogen) atoms. The molecule has 2 aromatic rings. The van der Waals surface area contributed by atoms with E-state index in [1.54, 1.807) is 9.80 Å². The molecule has 10 nitrogen and oxygen atoms in total. The number of anilines is 1. The number of aryl methyl sites for hydroxylation is 3. The lowest BCUT2D eigenvalue weighted by Crippen LogP contribution is -2.38. The fraction of sp³-hybridized carbons (Fsp3) is 0.567. The number of amides is 3. The Labute approximate surface area is 246 Å². The third kappa shape index (κ3) is 6.48. The molecule has 0 aliphatic carbocycles. The molecule has 0 bridgehead atoms. The van der Waals surface area contributed by atoms with E-state index in [0.29, 0.717) is 54.2 Å². The summed E-state index contributed by atoms with van der Waals surface area (Å²) in [6, 6.07) is 5.61. The van der Waals surface area contributed by atoms with Crippen LogP contribution in [0.25, 0.3) is 0 Å². The predicted octanol–water partition coefficient (Wildman–Crippen LogP) is 3.71. The van der Waals surface area contributed by atoms with E-state index < -0.39 is 6.09 Å². The number of fused-ring (bicyclic) bond motifs is 1. The van der Waals surface area contributed by atoms with Crippen LogP contribution in [0.1, 0.15) is 47.1 Å². The van der Waals surface area contributed by atoms with Gasteiger partial charge >= 0.3 is 6.09 Å². The molecule has 0 radical (unpaired) electrons. The quantitative estimate of drug-likeness (QED) is 0.491. The van der Waals surface area contributed by atoms with Crippen LogP contribution in [0.5, 0.6) is 0 Å². The van der Waals surface area contributed by atoms with E-state index in [1.807, 2.05) is 43.9 Å². The van der Waals surface area contributed by atoms with Crippen LogP contribution in [0.4, 0.5) is 10.5 Å². The summed E-state index contributed by atoms with van der Waals surface area (Å²) < 4.78 is 5.84. The van der Waals surface area contributed by atoms with Gasteiger partial charge in [-0.1, -0.05) is 17.7 Å². The van der Waals surface area contributed by atoms with Crippen LogP contribution in [0.2, 0.25) is 5.02 Å². The number of likely N-dealkylation sites (tertiary alicyclic amines) is 3. The van der Waals surface area contributed by atoms with Gasteiger partial charge in [0.1, 0.15) is 12.4 Å². The summed E-state index contributed by atoms with van der Waals surface area (Å²) in [7, 11) is 0. The second kappa shape index (κ2) is 12.3. The fourth-order valence-corrected chi connectivity index (χ4v) is 6.52. The zero-order valence-corrected chi connectivity index (χ0v) is 25.1. The Bertz CT molecular complexity index is 1290. The summed E-state index contributed by atoms with van der Waals surface area (Å²) in [4.78, 5) is 54.5. The van der Waals surface area contributed by atoms with Crippen LogP contribution >= 0.6 is 11.6 Å². The number of benzene rings is 1. The van der Waals surface area contributed by atoms with Crippen molar-refractivity contribution < 1.29 is 19.1 Å². The smallest absolute Gasteiger partial charge is 0.414 e. The topological polar surface area (TPSA) is 99.2 Å². The maximum Gasteiger partial charge on any atom is 0.414 e. The third-order valence-electron chi connectivity index (χ3n) is 8.69. The summed E-state index contributed by atoms with van der Waals surface area (Å²) in [6.07, 6.45) is 2.19. The molecular weight excluding hydrogens is 544 g/mol. The molecule has 3 unspecified atom stereocenters. The summed E-state index contributed by atoms with van der Waals surface area (Å²) in [5, 5.41) is 0.600. The van der Waals surface area contributed by atoms with E-state index >= 15 is 0 Å². The standard InChI is InChI=1S/C30H39ClN6O4/c1-19-6-7-25(12-27(19)31)37(30(40)41-26-8-11-35(17-26)22(4)38)10-5-9-34-13-23-15-36(16-24(23)14-34)29(39)28-20(2)32-18-33-21(28)3/h6-7,12,18,23-24,26H,5,8-11,13-17H2,1-4H3. The Morgan fingerprint density at radius 1 is 1.00 bits per heavy atom. The second-order valence-electron chi connectivity index (χ2n) is 11.6. The maximum atomic E-state index is 13.3. The largest absolute Gasteiger partial charge is 0.444 e. The molecule has 3 saturated heterocycles. The van der Waals surface area contributed by atoms with Gasteiger partial charge < -0.3 is 19.4 Å². The minimum absolute atomic E-state index is 0.00658. The number of hydrogen-bond acceptors (Lipinski definition) is 7. The molecule has 11 heteroatoms. The van der Waals surface area contributed by atoms with Crippen LogP contribution in [0, 0.1) is 32.6 Å². The van der Waals surface area contributed by atoms with Crippen molar-refractivity contribution in [2.75, 3.05) is 57.3 Å². The molecule has 1 aromatic carbocycles. The number of hydrogen-bond donors (Lipinski definition) is 0. The first-order chi connectivity index (χ1) is 19.6. The van der Waals surface area contributed by atoms with Crippen LogP contribution in [-0.4, -0.2) is 101 Å². The van der Waals surface area contributed by atoms with Crippen molar-refractivity contribution in [1.82, 2.24) is 24.7 Å². The van der Waals surface area contributed by atoms with Crippen LogP contribution in [0.15, 0.2) is 24.5 Å². The van der Waals surface area contributed by atoms with Gasteiger partial charge in [0.25, 0.3) is 5.91 Å². The van der Waals surface area contributed by atoms with E-state index in [4.69, 9.17) is 16.3 Å². The first-order valence-electron chi connectivity index (χ1n) is 14.4. The number of aromatic nitrogens is 2. The van der Waals surface area contributed by atoms with Crippen molar-refractivity contribution in [3.05, 3.63) is 52.1 Å². The minimum Gasteiger partial charge on any atom is -0.444 e. The van der Waals surface area contributed by atoms with Crippen molar-refractivity contribution >= 4 is 35.2 Å². The van der Waals surface area contributed by atoms with E-state index in [2.05, 4.69) is 14.9 Å². The molecule has 3 atom stereocenters. The molecule has 0 saturated carbocycles. The molecule has 220 valence electrons. The molecule has 0 spiro atoms. The van der Waals surface area contributed by atoms with Crippen LogP contribution < -0.4 is 4.90 Å². The van der Waals surface area contributed by atoms with Crippen LogP contribution in [-0.2, 0) is 9.53 Å². The number of rotatable bonds is 7. The summed E-state index contributed by atoms with van der Waals surface area (Å²) in [5.41, 5.74) is 3.72. The molecule has 5 rings (SSSR count). The first kappa shape index (κ1) is 29.3. The molecule has 1 aromatic heterocycles. The highest BCUT2D eigenvalue weighted by molar-refractivity contribution is 6.31. The first-order valence-corrected chi connectivity index (χ1v) is 14.8. The van der Waals surface area contributed by atoms with E-state index in [1.165, 1.54) is 13.3 Å². The normalized spacial score (nSPS) is 22.2. The lowest BCUT2D eigenvalue weighted by molar-refractivity contribution is -0.128. The number of nitrogens with zero attached hydrogens (tertiary/aromatic N) is 6. The monoisotopic (exact) mass is 582 g/mol. The van der Waals surface area contributed by atoms with Crippen LogP contribution in [0.3, 0.4) is 0 Å². The molecule has 3 aliphatic heterocycles. The van der Waals surface area contributed by atoms with Crippen molar-refractivity contribution in [3.8, 4) is 0 Å². The van der Waals surface area contributed by atoms with E-state index in [-0.39, 0.29) is 17.9 Å². The van der Waals surface area contributed by atoms with Crippen molar-refractivity contribution in [2.45, 2.75) is 46.6 Å². The van der Waals surface area contributed by atoms with Gasteiger partial charge in [-0.25, -0.2) is 14.8 Å². The van der Waals surface area contributed by atoms with Gasteiger partial charge in [-0.3, -0.25) is 14.5 Å². The number of carbonyl (C=O) groups excluding carboxylic acids is 3. The molecule has 3 amide bonds. The zero-order chi connectivity index (χ0) is 29.3. The molecule has 3 fully saturated rings. The predicted molar refractivity (Wildman–Crippen MR) is 156 cm³/mol. The van der Waals surface area contributed by atoms with Gasteiger partial charge in [-0.15, -0.1) is 0 Å². The highest BCUT2D eigenvalue weighted by atomic mass is 35.5. The number of carbonyl (C=O) groups is 3. The van der Waals surface area contributed by atoms with Gasteiger partial charge in [-0.05, 0) is 63.3 Å². The summed E-state index contributed by atoms with van der Waals surface area (Å²) >= 11 is 6.40. The van der Waals surface area contributed by atoms with E-state index in [0.717, 1.165) is 56.1 Å². The molecule has 4 heterocycles. The number of halogens is 1. The second-order valence-corrected chi connectivity index (χ2v) is 12.0. The Hall–Kier alpha value is -3.24. The Morgan fingerprint density at radius 2 is 1.68 bits per heavy atom. The van der Waals surface area contributed by atoms with Gasteiger partial charge in [0.05, 0.1) is 23.5 Å². The Morgan fingerprint density at radius 3 is 2.29 bits per heavy atom. The van der Waals surface area contributed by atoms with E-state index in [9.17, 15) is 14.4 Å². The Balaban J connectivity index is 1.16.